The maximum Gasteiger partial charge on any atom is 0.340 e. The Morgan fingerprint density at radius 1 is 1.67 bits per heavy atom. The molecule has 0 aliphatic rings. The summed E-state index contributed by atoms with van der Waals surface area (Å²) in [7, 11) is 1.36. The molecular formula is C10H12ClNO2S. The van der Waals surface area contributed by atoms with E-state index in [1.54, 1.807) is 18.3 Å². The van der Waals surface area contributed by atoms with E-state index in [1.165, 1.54) is 18.9 Å². The fourth-order valence-corrected chi connectivity index (χ4v) is 2.21. The molecule has 0 saturated heterocycles. The van der Waals surface area contributed by atoms with E-state index >= 15 is 0 Å². The van der Waals surface area contributed by atoms with Crippen LogP contribution in [0.15, 0.2) is 23.4 Å². The monoisotopic (exact) mass is 245 g/mol. The quantitative estimate of drug-likeness (QED) is 0.346. The van der Waals surface area contributed by atoms with Crippen LogP contribution in [-0.4, -0.2) is 29.7 Å². The lowest BCUT2D eigenvalue weighted by Crippen LogP contribution is -2.04. The first kappa shape index (κ1) is 12.3. The number of esters is 1. The average Bonchev–Trinajstić information content (AvgIpc) is 2.29. The molecule has 1 heterocycles. The van der Waals surface area contributed by atoms with Crippen molar-refractivity contribution in [1.82, 2.24) is 4.98 Å². The summed E-state index contributed by atoms with van der Waals surface area (Å²) in [6, 6.07) is 3.43. The molecule has 0 aliphatic carbocycles. The van der Waals surface area contributed by atoms with Gasteiger partial charge in [-0.1, -0.05) is 0 Å². The molecule has 15 heavy (non-hydrogen) atoms. The molecule has 0 aliphatic heterocycles. The van der Waals surface area contributed by atoms with Gasteiger partial charge >= 0.3 is 5.97 Å². The van der Waals surface area contributed by atoms with Gasteiger partial charge in [-0.3, -0.25) is 0 Å². The van der Waals surface area contributed by atoms with E-state index in [1.807, 2.05) is 0 Å². The normalized spacial score (nSPS) is 10.0. The fraction of sp³-hybridized carbons (Fsp3) is 0.400. The smallest absolute Gasteiger partial charge is 0.340 e. The van der Waals surface area contributed by atoms with Crippen LogP contribution in [0.2, 0.25) is 0 Å². The van der Waals surface area contributed by atoms with Crippen LogP contribution in [0.25, 0.3) is 0 Å². The SMILES string of the molecule is COC(=O)c1cccnc1SCCCCl. The maximum atomic E-state index is 11.4. The molecule has 0 spiro atoms. The molecule has 1 aromatic heterocycles. The van der Waals surface area contributed by atoms with E-state index < -0.39 is 0 Å². The van der Waals surface area contributed by atoms with E-state index in [0.29, 0.717) is 16.5 Å². The Morgan fingerprint density at radius 3 is 3.13 bits per heavy atom. The number of carbonyl (C=O) groups is 1. The molecule has 0 fully saturated rings. The van der Waals surface area contributed by atoms with Gasteiger partial charge in [0.25, 0.3) is 0 Å². The van der Waals surface area contributed by atoms with Crippen LogP contribution in [0.3, 0.4) is 0 Å². The zero-order valence-electron chi connectivity index (χ0n) is 8.40. The first-order valence-corrected chi connectivity index (χ1v) is 6.03. The second kappa shape index (κ2) is 6.69. The number of methoxy groups -OCH3 is 1. The van der Waals surface area contributed by atoms with Gasteiger partial charge in [0.05, 0.1) is 12.7 Å². The highest BCUT2D eigenvalue weighted by Gasteiger charge is 2.12. The van der Waals surface area contributed by atoms with Gasteiger partial charge in [0.15, 0.2) is 0 Å². The second-order valence-electron chi connectivity index (χ2n) is 2.74. The molecule has 1 rings (SSSR count). The molecule has 0 atom stereocenters. The highest BCUT2D eigenvalue weighted by molar-refractivity contribution is 7.99. The molecule has 0 radical (unpaired) electrons. The maximum absolute atomic E-state index is 11.4. The van der Waals surface area contributed by atoms with Gasteiger partial charge in [-0.15, -0.1) is 23.4 Å². The van der Waals surface area contributed by atoms with E-state index in [9.17, 15) is 4.79 Å². The lowest BCUT2D eigenvalue weighted by Gasteiger charge is -2.05. The highest BCUT2D eigenvalue weighted by Crippen LogP contribution is 2.21. The van der Waals surface area contributed by atoms with Crippen LogP contribution < -0.4 is 0 Å². The minimum absolute atomic E-state index is 0.350. The molecule has 1 aromatic rings. The molecule has 3 nitrogen and oxygen atoms in total. The molecule has 0 aromatic carbocycles. The van der Waals surface area contributed by atoms with Crippen molar-refractivity contribution in [3.8, 4) is 0 Å². The zero-order valence-corrected chi connectivity index (χ0v) is 9.98. The number of pyridine rings is 1. The minimum Gasteiger partial charge on any atom is -0.465 e. The third kappa shape index (κ3) is 3.72. The molecule has 0 unspecified atom stereocenters. The summed E-state index contributed by atoms with van der Waals surface area (Å²) in [6.45, 7) is 0. The van der Waals surface area contributed by atoms with Gasteiger partial charge in [0, 0.05) is 17.8 Å². The molecule has 0 bridgehead atoms. The first-order valence-electron chi connectivity index (χ1n) is 4.51. The first-order chi connectivity index (χ1) is 7.29. The van der Waals surface area contributed by atoms with Crippen LogP contribution in [0.4, 0.5) is 0 Å². The number of thioether (sulfide) groups is 1. The van der Waals surface area contributed by atoms with Crippen LogP contribution in [-0.2, 0) is 4.74 Å². The Bertz CT molecular complexity index is 333. The summed E-state index contributed by atoms with van der Waals surface area (Å²) < 4.78 is 4.66. The van der Waals surface area contributed by atoms with E-state index in [2.05, 4.69) is 9.72 Å². The predicted octanol–water partition coefficient (Wildman–Crippen LogP) is 2.59. The summed E-state index contributed by atoms with van der Waals surface area (Å²) >= 11 is 7.09. The Morgan fingerprint density at radius 2 is 2.47 bits per heavy atom. The van der Waals surface area contributed by atoms with Gasteiger partial charge in [-0.2, -0.15) is 0 Å². The van der Waals surface area contributed by atoms with E-state index in [4.69, 9.17) is 11.6 Å². The number of rotatable bonds is 5. The largest absolute Gasteiger partial charge is 0.465 e. The van der Waals surface area contributed by atoms with Crippen molar-refractivity contribution in [2.75, 3.05) is 18.7 Å². The van der Waals surface area contributed by atoms with Crippen molar-refractivity contribution < 1.29 is 9.53 Å². The van der Waals surface area contributed by atoms with Crippen molar-refractivity contribution in [3.63, 3.8) is 0 Å². The van der Waals surface area contributed by atoms with Crippen LogP contribution >= 0.6 is 23.4 Å². The van der Waals surface area contributed by atoms with Gasteiger partial charge < -0.3 is 4.74 Å². The van der Waals surface area contributed by atoms with E-state index in [-0.39, 0.29) is 5.97 Å². The molecule has 0 saturated carbocycles. The van der Waals surface area contributed by atoms with Crippen molar-refractivity contribution in [2.24, 2.45) is 0 Å². The summed E-state index contributed by atoms with van der Waals surface area (Å²) in [5.41, 5.74) is 0.513. The van der Waals surface area contributed by atoms with Gasteiger partial charge in [-0.05, 0) is 18.6 Å². The van der Waals surface area contributed by atoms with Crippen LogP contribution in [0.5, 0.6) is 0 Å². The van der Waals surface area contributed by atoms with Crippen molar-refractivity contribution in [2.45, 2.75) is 11.4 Å². The zero-order chi connectivity index (χ0) is 11.1. The third-order valence-electron chi connectivity index (χ3n) is 1.69. The Labute approximate surface area is 98.2 Å². The van der Waals surface area contributed by atoms with Gasteiger partial charge in [0.2, 0.25) is 0 Å². The average molecular weight is 246 g/mol. The Kier molecular flexibility index (Phi) is 5.50. The number of alkyl halides is 1. The number of carbonyl (C=O) groups excluding carboxylic acids is 1. The summed E-state index contributed by atoms with van der Waals surface area (Å²) in [6.07, 6.45) is 2.55. The second-order valence-corrected chi connectivity index (χ2v) is 4.20. The number of hydrogen-bond acceptors (Lipinski definition) is 4. The molecular weight excluding hydrogens is 234 g/mol. The summed E-state index contributed by atoms with van der Waals surface area (Å²) in [5.74, 6) is 1.12. The standard InChI is InChI=1S/C10H12ClNO2S/c1-14-10(13)8-4-2-6-12-9(8)15-7-3-5-11/h2,4,6H,3,5,7H2,1H3. The molecule has 5 heteroatoms. The Balaban J connectivity index is 2.73. The Hall–Kier alpha value is -0.740. The minimum atomic E-state index is -0.350. The lowest BCUT2D eigenvalue weighted by atomic mass is 10.3. The highest BCUT2D eigenvalue weighted by atomic mass is 35.5. The summed E-state index contributed by atoms with van der Waals surface area (Å²) in [4.78, 5) is 15.5. The number of hydrogen-bond donors (Lipinski definition) is 0. The van der Waals surface area contributed by atoms with E-state index in [0.717, 1.165) is 12.2 Å². The number of ether oxygens (including phenoxy) is 1. The molecule has 0 amide bonds. The number of halogens is 1. The topological polar surface area (TPSA) is 39.2 Å². The van der Waals surface area contributed by atoms with Crippen molar-refractivity contribution in [1.29, 1.82) is 0 Å². The van der Waals surface area contributed by atoms with Crippen molar-refractivity contribution in [3.05, 3.63) is 23.9 Å². The number of nitrogens with zero attached hydrogens (tertiary/aromatic N) is 1. The summed E-state index contributed by atoms with van der Waals surface area (Å²) in [5, 5.41) is 0.703. The van der Waals surface area contributed by atoms with Crippen molar-refractivity contribution >= 4 is 29.3 Å². The molecule has 82 valence electrons. The van der Waals surface area contributed by atoms with Crippen LogP contribution in [0, 0.1) is 0 Å². The lowest BCUT2D eigenvalue weighted by molar-refractivity contribution is 0.0596. The van der Waals surface area contributed by atoms with Gasteiger partial charge in [0.1, 0.15) is 5.03 Å². The van der Waals surface area contributed by atoms with Gasteiger partial charge in [-0.25, -0.2) is 9.78 Å². The third-order valence-corrected chi connectivity index (χ3v) is 3.05. The van der Waals surface area contributed by atoms with Crippen LogP contribution in [0.1, 0.15) is 16.8 Å². The predicted molar refractivity (Wildman–Crippen MR) is 61.6 cm³/mol. The number of aromatic nitrogens is 1. The molecule has 0 N–H and O–H groups in total. The fourth-order valence-electron chi connectivity index (χ4n) is 0.995.